The number of nitrogens with zero attached hydrogens (tertiary/aromatic N) is 2. The van der Waals surface area contributed by atoms with Gasteiger partial charge in [0.2, 0.25) is 11.8 Å². The molecule has 0 N–H and O–H groups in total. The number of rotatable bonds is 3. The van der Waals surface area contributed by atoms with Gasteiger partial charge in [-0.15, -0.1) is 10.2 Å². The minimum Gasteiger partial charge on any atom is -0.421 e. The van der Waals surface area contributed by atoms with Crippen molar-refractivity contribution in [1.29, 1.82) is 0 Å². The van der Waals surface area contributed by atoms with Crippen LogP contribution in [0.15, 0.2) is 33.2 Å². The van der Waals surface area contributed by atoms with Gasteiger partial charge in [-0.2, -0.15) is 0 Å². The third kappa shape index (κ3) is 2.45. The van der Waals surface area contributed by atoms with Crippen LogP contribution in [0.1, 0.15) is 19.2 Å². The quantitative estimate of drug-likeness (QED) is 0.854. The predicted octanol–water partition coefficient (Wildman–Crippen LogP) is 3.45. The first kappa shape index (κ1) is 10.4. The second kappa shape index (κ2) is 4.57. The lowest BCUT2D eigenvalue weighted by atomic mass is 10.2. The van der Waals surface area contributed by atoms with Gasteiger partial charge in [-0.3, -0.25) is 0 Å². The van der Waals surface area contributed by atoms with Gasteiger partial charge >= 0.3 is 0 Å². The summed E-state index contributed by atoms with van der Waals surface area (Å²) in [7, 11) is 0. The smallest absolute Gasteiger partial charge is 0.247 e. The maximum Gasteiger partial charge on any atom is 0.247 e. The first-order chi connectivity index (χ1) is 7.29. The summed E-state index contributed by atoms with van der Waals surface area (Å²) in [6, 6.07) is 7.83. The van der Waals surface area contributed by atoms with Gasteiger partial charge in [-0.1, -0.05) is 28.9 Å². The zero-order valence-corrected chi connectivity index (χ0v) is 9.99. The molecular weight excluding hydrogens is 256 g/mol. The Balaban J connectivity index is 2.29. The summed E-state index contributed by atoms with van der Waals surface area (Å²) in [6.45, 7) is 2.09. The molecule has 0 atom stereocenters. The van der Waals surface area contributed by atoms with Crippen LogP contribution in [0.3, 0.4) is 0 Å². The van der Waals surface area contributed by atoms with Gasteiger partial charge in [0.25, 0.3) is 0 Å². The van der Waals surface area contributed by atoms with Crippen LogP contribution < -0.4 is 0 Å². The lowest BCUT2D eigenvalue weighted by Crippen LogP contribution is -1.80. The Hall–Kier alpha value is -1.16. The third-order valence-corrected chi connectivity index (χ3v) is 2.50. The monoisotopic (exact) mass is 266 g/mol. The van der Waals surface area contributed by atoms with E-state index in [0.717, 1.165) is 22.9 Å². The van der Waals surface area contributed by atoms with Crippen LogP contribution in [0.5, 0.6) is 0 Å². The Labute approximate surface area is 96.7 Å². The van der Waals surface area contributed by atoms with E-state index in [4.69, 9.17) is 4.42 Å². The molecule has 15 heavy (non-hydrogen) atoms. The number of aromatic nitrogens is 2. The van der Waals surface area contributed by atoms with Gasteiger partial charge in [0.15, 0.2) is 0 Å². The maximum atomic E-state index is 5.52. The molecule has 0 saturated carbocycles. The van der Waals surface area contributed by atoms with E-state index in [1.807, 2.05) is 24.3 Å². The van der Waals surface area contributed by atoms with Gasteiger partial charge in [0.05, 0.1) is 0 Å². The summed E-state index contributed by atoms with van der Waals surface area (Å²) >= 11 is 3.41. The lowest BCUT2D eigenvalue weighted by molar-refractivity contribution is 0.502. The minimum absolute atomic E-state index is 0.583. The molecule has 2 rings (SSSR count). The van der Waals surface area contributed by atoms with Crippen molar-refractivity contribution in [2.24, 2.45) is 0 Å². The van der Waals surface area contributed by atoms with Gasteiger partial charge in [0, 0.05) is 16.5 Å². The first-order valence-electron chi connectivity index (χ1n) is 4.88. The van der Waals surface area contributed by atoms with E-state index in [1.54, 1.807) is 0 Å². The van der Waals surface area contributed by atoms with E-state index < -0.39 is 0 Å². The van der Waals surface area contributed by atoms with Crippen LogP contribution in [-0.2, 0) is 6.42 Å². The Morgan fingerprint density at radius 1 is 1.33 bits per heavy atom. The van der Waals surface area contributed by atoms with Crippen LogP contribution >= 0.6 is 15.9 Å². The van der Waals surface area contributed by atoms with E-state index in [2.05, 4.69) is 33.1 Å². The zero-order chi connectivity index (χ0) is 10.7. The number of benzene rings is 1. The molecule has 0 saturated heterocycles. The standard InChI is InChI=1S/C11H11BrN2O/c1-2-4-10-13-14-11(15-10)8-5-3-6-9(12)7-8/h3,5-7H,2,4H2,1H3. The van der Waals surface area contributed by atoms with E-state index in [-0.39, 0.29) is 0 Å². The molecule has 0 spiro atoms. The van der Waals surface area contributed by atoms with Gasteiger partial charge in [-0.25, -0.2) is 0 Å². The molecule has 0 aliphatic rings. The fourth-order valence-electron chi connectivity index (χ4n) is 1.31. The highest BCUT2D eigenvalue weighted by Crippen LogP contribution is 2.21. The Bertz CT molecular complexity index is 453. The molecule has 0 amide bonds. The van der Waals surface area contributed by atoms with E-state index in [1.165, 1.54) is 0 Å². The normalized spacial score (nSPS) is 10.5. The highest BCUT2D eigenvalue weighted by atomic mass is 79.9. The van der Waals surface area contributed by atoms with E-state index in [0.29, 0.717) is 11.8 Å². The molecule has 3 nitrogen and oxygen atoms in total. The lowest BCUT2D eigenvalue weighted by Gasteiger charge is -1.94. The van der Waals surface area contributed by atoms with Crippen molar-refractivity contribution in [2.75, 3.05) is 0 Å². The minimum atomic E-state index is 0.583. The number of hydrogen-bond acceptors (Lipinski definition) is 3. The molecule has 4 heteroatoms. The van der Waals surface area contributed by atoms with Crippen LogP contribution in [-0.4, -0.2) is 10.2 Å². The highest BCUT2D eigenvalue weighted by Gasteiger charge is 2.07. The Kier molecular flexibility index (Phi) is 3.16. The first-order valence-corrected chi connectivity index (χ1v) is 5.67. The van der Waals surface area contributed by atoms with Crippen molar-refractivity contribution < 1.29 is 4.42 Å². The predicted molar refractivity (Wildman–Crippen MR) is 61.4 cm³/mol. The molecule has 0 radical (unpaired) electrons. The summed E-state index contributed by atoms with van der Waals surface area (Å²) in [5, 5.41) is 7.99. The topological polar surface area (TPSA) is 38.9 Å². The Morgan fingerprint density at radius 2 is 2.20 bits per heavy atom. The van der Waals surface area contributed by atoms with Crippen molar-refractivity contribution in [1.82, 2.24) is 10.2 Å². The van der Waals surface area contributed by atoms with Gasteiger partial charge in [-0.05, 0) is 24.6 Å². The van der Waals surface area contributed by atoms with Crippen LogP contribution in [0.2, 0.25) is 0 Å². The molecule has 0 unspecified atom stereocenters. The molecule has 2 aromatic rings. The molecule has 0 fully saturated rings. The average Bonchev–Trinajstić information content (AvgIpc) is 2.67. The molecule has 0 aliphatic heterocycles. The second-order valence-electron chi connectivity index (χ2n) is 3.26. The zero-order valence-electron chi connectivity index (χ0n) is 8.40. The van der Waals surface area contributed by atoms with Crippen molar-refractivity contribution in [3.8, 4) is 11.5 Å². The van der Waals surface area contributed by atoms with Crippen molar-refractivity contribution in [2.45, 2.75) is 19.8 Å². The fraction of sp³-hybridized carbons (Fsp3) is 0.273. The SMILES string of the molecule is CCCc1nnc(-c2cccc(Br)c2)o1. The Morgan fingerprint density at radius 3 is 2.93 bits per heavy atom. The van der Waals surface area contributed by atoms with Crippen molar-refractivity contribution in [3.05, 3.63) is 34.6 Å². The van der Waals surface area contributed by atoms with Gasteiger partial charge < -0.3 is 4.42 Å². The number of halogens is 1. The van der Waals surface area contributed by atoms with Crippen molar-refractivity contribution >= 4 is 15.9 Å². The average molecular weight is 267 g/mol. The van der Waals surface area contributed by atoms with Crippen LogP contribution in [0.25, 0.3) is 11.5 Å². The molecular formula is C11H11BrN2O. The van der Waals surface area contributed by atoms with Gasteiger partial charge in [0.1, 0.15) is 0 Å². The van der Waals surface area contributed by atoms with E-state index in [9.17, 15) is 0 Å². The van der Waals surface area contributed by atoms with E-state index >= 15 is 0 Å². The van der Waals surface area contributed by atoms with Crippen LogP contribution in [0.4, 0.5) is 0 Å². The molecule has 0 bridgehead atoms. The summed E-state index contributed by atoms with van der Waals surface area (Å²) in [5.41, 5.74) is 0.944. The molecule has 0 aliphatic carbocycles. The summed E-state index contributed by atoms with van der Waals surface area (Å²) in [6.07, 6.45) is 1.85. The third-order valence-electron chi connectivity index (χ3n) is 2.00. The van der Waals surface area contributed by atoms with Crippen molar-refractivity contribution in [3.63, 3.8) is 0 Å². The number of hydrogen-bond donors (Lipinski definition) is 0. The highest BCUT2D eigenvalue weighted by molar-refractivity contribution is 9.10. The molecule has 78 valence electrons. The molecule has 1 aromatic carbocycles. The summed E-state index contributed by atoms with van der Waals surface area (Å²) < 4.78 is 6.53. The molecule has 1 heterocycles. The maximum absolute atomic E-state index is 5.52. The summed E-state index contributed by atoms with van der Waals surface area (Å²) in [5.74, 6) is 1.28. The number of aryl methyl sites for hydroxylation is 1. The van der Waals surface area contributed by atoms with Crippen LogP contribution in [0, 0.1) is 0 Å². The molecule has 1 aromatic heterocycles. The second-order valence-corrected chi connectivity index (χ2v) is 4.18. The summed E-state index contributed by atoms with van der Waals surface area (Å²) in [4.78, 5) is 0. The fourth-order valence-corrected chi connectivity index (χ4v) is 1.71. The largest absolute Gasteiger partial charge is 0.421 e.